The largest absolute Gasteiger partial charge is 0.398 e. The number of aromatic nitrogens is 1. The average molecular weight is 234 g/mol. The van der Waals surface area contributed by atoms with E-state index in [-0.39, 0.29) is 5.82 Å². The fourth-order valence-corrected chi connectivity index (χ4v) is 2.15. The second kappa shape index (κ2) is 4.99. The van der Waals surface area contributed by atoms with Gasteiger partial charge in [-0.05, 0) is 35.9 Å². The third-order valence-electron chi connectivity index (χ3n) is 2.12. The highest BCUT2D eigenvalue weighted by Gasteiger charge is 2.02. The Bertz CT molecular complexity index is 474. The molecular formula is C12H11FN2S. The standard InChI is InChI=1S/C12H11FN2S/c13-10-4-5-11(14)9(7-10)8-16-12-3-1-2-6-15-12/h1-7H,8,14H2. The Balaban J connectivity index is 2.08. The quantitative estimate of drug-likeness (QED) is 0.655. The molecular weight excluding hydrogens is 223 g/mol. The summed E-state index contributed by atoms with van der Waals surface area (Å²) in [6.07, 6.45) is 1.73. The second-order valence-electron chi connectivity index (χ2n) is 3.30. The number of anilines is 1. The van der Waals surface area contributed by atoms with Gasteiger partial charge in [0.2, 0.25) is 0 Å². The van der Waals surface area contributed by atoms with E-state index in [1.165, 1.54) is 23.9 Å². The molecule has 4 heteroatoms. The molecule has 0 fully saturated rings. The normalized spacial score (nSPS) is 10.3. The smallest absolute Gasteiger partial charge is 0.123 e. The van der Waals surface area contributed by atoms with Gasteiger partial charge in [0.25, 0.3) is 0 Å². The van der Waals surface area contributed by atoms with E-state index in [0.717, 1.165) is 10.6 Å². The van der Waals surface area contributed by atoms with Gasteiger partial charge in [-0.2, -0.15) is 0 Å². The zero-order valence-electron chi connectivity index (χ0n) is 8.56. The molecule has 2 aromatic rings. The summed E-state index contributed by atoms with van der Waals surface area (Å²) in [5.74, 6) is 0.367. The predicted molar refractivity (Wildman–Crippen MR) is 64.6 cm³/mol. The lowest BCUT2D eigenvalue weighted by atomic mass is 10.2. The zero-order valence-corrected chi connectivity index (χ0v) is 9.38. The van der Waals surface area contributed by atoms with Crippen LogP contribution in [0.15, 0.2) is 47.6 Å². The summed E-state index contributed by atoms with van der Waals surface area (Å²) in [4.78, 5) is 4.17. The van der Waals surface area contributed by atoms with Gasteiger partial charge in [0.1, 0.15) is 5.82 Å². The second-order valence-corrected chi connectivity index (χ2v) is 4.30. The van der Waals surface area contributed by atoms with Crippen molar-refractivity contribution in [3.63, 3.8) is 0 Å². The molecule has 2 N–H and O–H groups in total. The van der Waals surface area contributed by atoms with Gasteiger partial charge >= 0.3 is 0 Å². The molecule has 0 saturated heterocycles. The van der Waals surface area contributed by atoms with Gasteiger partial charge in [0.05, 0.1) is 5.03 Å². The minimum absolute atomic E-state index is 0.258. The van der Waals surface area contributed by atoms with Crippen LogP contribution in [0.2, 0.25) is 0 Å². The molecule has 0 radical (unpaired) electrons. The molecule has 0 atom stereocenters. The van der Waals surface area contributed by atoms with E-state index in [1.807, 2.05) is 18.2 Å². The number of thioether (sulfide) groups is 1. The number of hydrogen-bond donors (Lipinski definition) is 1. The molecule has 0 aliphatic rings. The summed E-state index contributed by atoms with van der Waals surface area (Å²) in [7, 11) is 0. The number of nitrogens with two attached hydrogens (primary N) is 1. The molecule has 1 aromatic heterocycles. The molecule has 0 saturated carbocycles. The van der Waals surface area contributed by atoms with Crippen molar-refractivity contribution in [3.05, 3.63) is 54.0 Å². The van der Waals surface area contributed by atoms with E-state index in [1.54, 1.807) is 12.3 Å². The fourth-order valence-electron chi connectivity index (χ4n) is 1.28. The number of nitrogen functional groups attached to an aromatic ring is 1. The molecule has 0 amide bonds. The first-order chi connectivity index (χ1) is 7.75. The molecule has 16 heavy (non-hydrogen) atoms. The molecule has 1 heterocycles. The van der Waals surface area contributed by atoms with Gasteiger partial charge in [0.15, 0.2) is 0 Å². The number of nitrogens with zero attached hydrogens (tertiary/aromatic N) is 1. The highest BCUT2D eigenvalue weighted by molar-refractivity contribution is 7.98. The lowest BCUT2D eigenvalue weighted by molar-refractivity contribution is 0.627. The Morgan fingerprint density at radius 1 is 1.25 bits per heavy atom. The van der Waals surface area contributed by atoms with E-state index >= 15 is 0 Å². The maximum atomic E-state index is 13.0. The summed E-state index contributed by atoms with van der Waals surface area (Å²) in [5.41, 5.74) is 7.17. The van der Waals surface area contributed by atoms with Crippen LogP contribution >= 0.6 is 11.8 Å². The van der Waals surface area contributed by atoms with Crippen LogP contribution in [0.1, 0.15) is 5.56 Å². The zero-order chi connectivity index (χ0) is 11.4. The third-order valence-corrected chi connectivity index (χ3v) is 3.11. The van der Waals surface area contributed by atoms with Crippen molar-refractivity contribution >= 4 is 17.4 Å². The van der Waals surface area contributed by atoms with Crippen LogP contribution in [0, 0.1) is 5.82 Å². The van der Waals surface area contributed by atoms with E-state index in [0.29, 0.717) is 11.4 Å². The van der Waals surface area contributed by atoms with Crippen molar-refractivity contribution in [2.75, 3.05) is 5.73 Å². The Hall–Kier alpha value is -1.55. The first-order valence-corrected chi connectivity index (χ1v) is 5.82. The monoisotopic (exact) mass is 234 g/mol. The van der Waals surface area contributed by atoms with Gasteiger partial charge in [-0.3, -0.25) is 0 Å². The van der Waals surface area contributed by atoms with Crippen LogP contribution in [0.4, 0.5) is 10.1 Å². The molecule has 0 aliphatic carbocycles. The van der Waals surface area contributed by atoms with Crippen molar-refractivity contribution in [1.82, 2.24) is 4.98 Å². The molecule has 0 aliphatic heterocycles. The van der Waals surface area contributed by atoms with Crippen molar-refractivity contribution < 1.29 is 4.39 Å². The number of halogens is 1. The van der Waals surface area contributed by atoms with Crippen LogP contribution in [-0.4, -0.2) is 4.98 Å². The maximum Gasteiger partial charge on any atom is 0.123 e. The Kier molecular flexibility index (Phi) is 3.41. The third kappa shape index (κ3) is 2.73. The highest BCUT2D eigenvalue weighted by Crippen LogP contribution is 2.24. The summed E-state index contributed by atoms with van der Waals surface area (Å²) in [6, 6.07) is 10.1. The van der Waals surface area contributed by atoms with Crippen LogP contribution in [-0.2, 0) is 5.75 Å². The first kappa shape index (κ1) is 11.0. The maximum absolute atomic E-state index is 13.0. The van der Waals surface area contributed by atoms with Crippen molar-refractivity contribution in [1.29, 1.82) is 0 Å². The fraction of sp³-hybridized carbons (Fsp3) is 0.0833. The van der Waals surface area contributed by atoms with Gasteiger partial charge in [0, 0.05) is 17.6 Å². The van der Waals surface area contributed by atoms with Crippen LogP contribution in [0.3, 0.4) is 0 Å². The first-order valence-electron chi connectivity index (χ1n) is 4.83. The summed E-state index contributed by atoms with van der Waals surface area (Å²) in [5, 5.41) is 0.908. The topological polar surface area (TPSA) is 38.9 Å². The SMILES string of the molecule is Nc1ccc(F)cc1CSc1ccccn1. The van der Waals surface area contributed by atoms with Gasteiger partial charge < -0.3 is 5.73 Å². The Morgan fingerprint density at radius 2 is 2.12 bits per heavy atom. The van der Waals surface area contributed by atoms with Gasteiger partial charge in [-0.1, -0.05) is 6.07 Å². The van der Waals surface area contributed by atoms with Gasteiger partial charge in [-0.15, -0.1) is 11.8 Å². The number of hydrogen-bond acceptors (Lipinski definition) is 3. The van der Waals surface area contributed by atoms with Crippen LogP contribution in [0.25, 0.3) is 0 Å². The number of benzene rings is 1. The molecule has 0 unspecified atom stereocenters. The minimum atomic E-state index is -0.258. The van der Waals surface area contributed by atoms with E-state index in [9.17, 15) is 4.39 Å². The van der Waals surface area contributed by atoms with E-state index in [4.69, 9.17) is 5.73 Å². The number of rotatable bonds is 3. The van der Waals surface area contributed by atoms with Crippen molar-refractivity contribution in [3.8, 4) is 0 Å². The summed E-state index contributed by atoms with van der Waals surface area (Å²) < 4.78 is 13.0. The lowest BCUT2D eigenvalue weighted by Crippen LogP contribution is -1.93. The van der Waals surface area contributed by atoms with Crippen LogP contribution in [0.5, 0.6) is 0 Å². The Labute approximate surface area is 97.7 Å². The minimum Gasteiger partial charge on any atom is -0.398 e. The lowest BCUT2D eigenvalue weighted by Gasteiger charge is -2.04. The van der Waals surface area contributed by atoms with Crippen molar-refractivity contribution in [2.24, 2.45) is 0 Å². The Morgan fingerprint density at radius 3 is 2.88 bits per heavy atom. The van der Waals surface area contributed by atoms with Gasteiger partial charge in [-0.25, -0.2) is 9.37 Å². The molecule has 1 aromatic carbocycles. The molecule has 0 spiro atoms. The average Bonchev–Trinajstić information content (AvgIpc) is 2.32. The molecule has 82 valence electrons. The number of pyridine rings is 1. The molecule has 0 bridgehead atoms. The molecule has 2 nitrogen and oxygen atoms in total. The molecule has 2 rings (SSSR count). The van der Waals surface area contributed by atoms with Crippen molar-refractivity contribution in [2.45, 2.75) is 10.8 Å². The summed E-state index contributed by atoms with van der Waals surface area (Å²) >= 11 is 1.54. The summed E-state index contributed by atoms with van der Waals surface area (Å²) in [6.45, 7) is 0. The van der Waals surface area contributed by atoms with Crippen LogP contribution < -0.4 is 5.73 Å². The predicted octanol–water partition coefficient (Wildman–Crippen LogP) is 3.10. The van der Waals surface area contributed by atoms with E-state index in [2.05, 4.69) is 4.98 Å². The highest BCUT2D eigenvalue weighted by atomic mass is 32.2. The van der Waals surface area contributed by atoms with E-state index < -0.39 is 0 Å².